The predicted molar refractivity (Wildman–Crippen MR) is 74.5 cm³/mol. The Hall–Kier alpha value is -3.09. The Morgan fingerprint density at radius 2 is 2.19 bits per heavy atom. The summed E-state index contributed by atoms with van der Waals surface area (Å²) in [6.07, 6.45) is 2.26. The molecule has 7 nitrogen and oxygen atoms in total. The molecule has 0 aliphatic carbocycles. The van der Waals surface area contributed by atoms with Gasteiger partial charge in [0.15, 0.2) is 11.5 Å². The summed E-state index contributed by atoms with van der Waals surface area (Å²) in [5, 5.41) is 6.08. The fourth-order valence-corrected chi connectivity index (χ4v) is 1.70. The van der Waals surface area contributed by atoms with Gasteiger partial charge in [-0.25, -0.2) is 4.79 Å². The number of ether oxygens (including phenoxy) is 2. The van der Waals surface area contributed by atoms with E-state index in [2.05, 4.69) is 20.3 Å². The van der Waals surface area contributed by atoms with Gasteiger partial charge in [0.2, 0.25) is 6.79 Å². The summed E-state index contributed by atoms with van der Waals surface area (Å²) in [6.45, 7) is 0.178. The maximum atomic E-state index is 11.6. The number of anilines is 1. The third-order valence-corrected chi connectivity index (χ3v) is 2.63. The van der Waals surface area contributed by atoms with E-state index in [1.165, 1.54) is 6.21 Å². The van der Waals surface area contributed by atoms with Crippen LogP contribution in [0.15, 0.2) is 47.8 Å². The maximum absolute atomic E-state index is 11.6. The monoisotopic (exact) mass is 285 g/mol. The Morgan fingerprint density at radius 1 is 1.29 bits per heavy atom. The van der Waals surface area contributed by atoms with Gasteiger partial charge in [0.05, 0.1) is 11.9 Å². The van der Waals surface area contributed by atoms with Crippen LogP contribution in [0.5, 0.6) is 11.5 Å². The molecule has 1 aliphatic rings. The van der Waals surface area contributed by atoms with Crippen molar-refractivity contribution in [3.8, 4) is 11.5 Å². The SMILES string of the molecule is O=C(Nc1ccc2c(c1)OCO2)O/N=C\c1ccccn1. The van der Waals surface area contributed by atoms with Gasteiger partial charge in [0.25, 0.3) is 0 Å². The second-order valence-electron chi connectivity index (χ2n) is 4.06. The molecule has 106 valence electrons. The van der Waals surface area contributed by atoms with Crippen LogP contribution in [0, 0.1) is 0 Å². The molecule has 7 heteroatoms. The number of oxime groups is 1. The zero-order valence-corrected chi connectivity index (χ0v) is 10.9. The van der Waals surface area contributed by atoms with E-state index in [1.54, 1.807) is 42.6 Å². The van der Waals surface area contributed by atoms with Crippen LogP contribution < -0.4 is 14.8 Å². The number of carbonyl (C=O) groups is 1. The van der Waals surface area contributed by atoms with Gasteiger partial charge < -0.3 is 9.47 Å². The average molecular weight is 285 g/mol. The van der Waals surface area contributed by atoms with Crippen molar-refractivity contribution in [1.29, 1.82) is 0 Å². The number of rotatable bonds is 3. The third-order valence-electron chi connectivity index (χ3n) is 2.63. The van der Waals surface area contributed by atoms with Crippen molar-refractivity contribution in [2.75, 3.05) is 12.1 Å². The highest BCUT2D eigenvalue weighted by Gasteiger charge is 2.14. The first-order valence-electron chi connectivity index (χ1n) is 6.13. The van der Waals surface area contributed by atoms with E-state index in [4.69, 9.17) is 9.47 Å². The molecular formula is C14H11N3O4. The second kappa shape index (κ2) is 5.91. The quantitative estimate of drug-likeness (QED) is 0.532. The number of benzene rings is 1. The van der Waals surface area contributed by atoms with E-state index in [1.807, 2.05) is 0 Å². The lowest BCUT2D eigenvalue weighted by atomic mass is 10.3. The van der Waals surface area contributed by atoms with Crippen molar-refractivity contribution < 1.29 is 19.1 Å². The zero-order chi connectivity index (χ0) is 14.5. The van der Waals surface area contributed by atoms with Crippen LogP contribution in [0.1, 0.15) is 5.69 Å². The molecule has 2 aromatic rings. The molecule has 0 saturated carbocycles. The Balaban J connectivity index is 1.56. The van der Waals surface area contributed by atoms with Crippen LogP contribution in [-0.2, 0) is 4.84 Å². The van der Waals surface area contributed by atoms with Gasteiger partial charge in [0.1, 0.15) is 0 Å². The molecule has 0 bridgehead atoms. The lowest BCUT2D eigenvalue weighted by Crippen LogP contribution is -2.10. The molecular weight excluding hydrogens is 274 g/mol. The molecule has 0 atom stereocenters. The third kappa shape index (κ3) is 3.27. The Labute approximate surface area is 120 Å². The summed E-state index contributed by atoms with van der Waals surface area (Å²) < 4.78 is 10.4. The number of hydrogen-bond donors (Lipinski definition) is 1. The maximum Gasteiger partial charge on any atom is 0.437 e. The first kappa shape index (κ1) is 12.9. The van der Waals surface area contributed by atoms with Gasteiger partial charge in [-0.2, -0.15) is 0 Å². The molecule has 0 spiro atoms. The fourth-order valence-electron chi connectivity index (χ4n) is 1.70. The number of fused-ring (bicyclic) bond motifs is 1. The smallest absolute Gasteiger partial charge is 0.437 e. The minimum Gasteiger partial charge on any atom is -0.454 e. The Morgan fingerprint density at radius 3 is 3.05 bits per heavy atom. The van der Waals surface area contributed by atoms with Crippen molar-refractivity contribution in [2.45, 2.75) is 0 Å². The fraction of sp³-hybridized carbons (Fsp3) is 0.0714. The summed E-state index contributed by atoms with van der Waals surface area (Å²) in [4.78, 5) is 20.2. The van der Waals surface area contributed by atoms with Crippen LogP contribution in [0.4, 0.5) is 10.5 Å². The van der Waals surface area contributed by atoms with Crippen molar-refractivity contribution in [2.24, 2.45) is 5.16 Å². The highest BCUT2D eigenvalue weighted by Crippen LogP contribution is 2.34. The van der Waals surface area contributed by atoms with Crippen LogP contribution in [-0.4, -0.2) is 24.1 Å². The molecule has 1 aromatic carbocycles. The number of pyridine rings is 1. The lowest BCUT2D eigenvalue weighted by molar-refractivity contribution is 0.167. The van der Waals surface area contributed by atoms with Crippen LogP contribution in [0.2, 0.25) is 0 Å². The van der Waals surface area contributed by atoms with Gasteiger partial charge in [-0.15, -0.1) is 0 Å². The van der Waals surface area contributed by atoms with Crippen LogP contribution in [0.25, 0.3) is 0 Å². The molecule has 0 fully saturated rings. The zero-order valence-electron chi connectivity index (χ0n) is 10.9. The number of nitrogens with zero attached hydrogens (tertiary/aromatic N) is 2. The molecule has 21 heavy (non-hydrogen) atoms. The number of nitrogens with one attached hydrogen (secondary N) is 1. The average Bonchev–Trinajstić information content (AvgIpc) is 2.96. The minimum atomic E-state index is -0.707. The highest BCUT2D eigenvalue weighted by molar-refractivity contribution is 5.86. The van der Waals surface area contributed by atoms with E-state index in [9.17, 15) is 4.79 Å². The molecule has 3 rings (SSSR count). The molecule has 0 unspecified atom stereocenters. The van der Waals surface area contributed by atoms with Crippen molar-refractivity contribution >= 4 is 18.0 Å². The largest absolute Gasteiger partial charge is 0.454 e. The van der Waals surface area contributed by atoms with E-state index in [-0.39, 0.29) is 6.79 Å². The number of carbonyl (C=O) groups excluding carboxylic acids is 1. The lowest BCUT2D eigenvalue weighted by Gasteiger charge is -2.03. The van der Waals surface area contributed by atoms with Gasteiger partial charge >= 0.3 is 6.09 Å². The predicted octanol–water partition coefficient (Wildman–Crippen LogP) is 2.39. The number of amides is 1. The van der Waals surface area contributed by atoms with Crippen molar-refractivity contribution in [3.05, 3.63) is 48.3 Å². The molecule has 1 amide bonds. The summed E-state index contributed by atoms with van der Waals surface area (Å²) in [6, 6.07) is 10.4. The Bertz CT molecular complexity index is 673. The topological polar surface area (TPSA) is 82.0 Å². The number of aromatic nitrogens is 1. The minimum absolute atomic E-state index is 0.178. The molecule has 2 heterocycles. The summed E-state index contributed by atoms with van der Waals surface area (Å²) in [7, 11) is 0. The molecule has 1 aliphatic heterocycles. The van der Waals surface area contributed by atoms with Gasteiger partial charge in [-0.3, -0.25) is 15.1 Å². The second-order valence-corrected chi connectivity index (χ2v) is 4.06. The van der Waals surface area contributed by atoms with Gasteiger partial charge in [-0.1, -0.05) is 11.2 Å². The van der Waals surface area contributed by atoms with E-state index >= 15 is 0 Å². The standard InChI is InChI=1S/C14H11N3O4/c18-14(21-16-8-11-3-1-2-6-15-11)17-10-4-5-12-13(7-10)20-9-19-12/h1-8H,9H2,(H,17,18)/b16-8-. The van der Waals surface area contributed by atoms with Gasteiger partial charge in [0, 0.05) is 18.0 Å². The van der Waals surface area contributed by atoms with Crippen molar-refractivity contribution in [3.63, 3.8) is 0 Å². The summed E-state index contributed by atoms with van der Waals surface area (Å²) in [5.74, 6) is 1.21. The first-order valence-corrected chi connectivity index (χ1v) is 6.13. The van der Waals surface area contributed by atoms with Crippen molar-refractivity contribution in [1.82, 2.24) is 4.98 Å². The Kier molecular flexibility index (Phi) is 3.64. The van der Waals surface area contributed by atoms with Crippen LogP contribution >= 0.6 is 0 Å². The van der Waals surface area contributed by atoms with Gasteiger partial charge in [-0.05, 0) is 24.3 Å². The summed E-state index contributed by atoms with van der Waals surface area (Å²) in [5.41, 5.74) is 1.12. The molecule has 0 radical (unpaired) electrons. The molecule has 0 saturated heterocycles. The molecule has 1 aromatic heterocycles. The first-order chi connectivity index (χ1) is 10.3. The molecule has 1 N–H and O–H groups in total. The summed E-state index contributed by atoms with van der Waals surface area (Å²) >= 11 is 0. The van der Waals surface area contributed by atoms with E-state index in [0.717, 1.165) is 0 Å². The number of hydrogen-bond acceptors (Lipinski definition) is 6. The highest BCUT2D eigenvalue weighted by atomic mass is 16.7. The van der Waals surface area contributed by atoms with Crippen LogP contribution in [0.3, 0.4) is 0 Å². The normalized spacial score (nSPS) is 12.4. The van der Waals surface area contributed by atoms with E-state index < -0.39 is 6.09 Å². The van der Waals surface area contributed by atoms with E-state index in [0.29, 0.717) is 22.9 Å².